The maximum atomic E-state index is 10.8. The topological polar surface area (TPSA) is 83.5 Å². The van der Waals surface area contributed by atoms with Gasteiger partial charge < -0.3 is 5.11 Å². The summed E-state index contributed by atoms with van der Waals surface area (Å²) in [7, 11) is -3.31. The van der Waals surface area contributed by atoms with Crippen LogP contribution >= 0.6 is 0 Å². The number of carboxylic acid groups (broad SMARTS) is 1. The fourth-order valence-electron chi connectivity index (χ4n) is 0.895. The average molecular weight is 239 g/mol. The monoisotopic (exact) mass is 239 g/mol. The van der Waals surface area contributed by atoms with Crippen LogP contribution in [0.25, 0.3) is 0 Å². The number of carbonyl (C=O) groups is 1. The van der Waals surface area contributed by atoms with Gasteiger partial charge in [0.25, 0.3) is 0 Å². The number of anilines is 1. The Labute approximate surface area is 110 Å². The molecule has 1 rings (SSSR count). The van der Waals surface area contributed by atoms with Gasteiger partial charge in [-0.2, -0.15) is 0 Å². The number of hydrogen-bond acceptors (Lipinski definition) is 3. The van der Waals surface area contributed by atoms with E-state index in [4.69, 9.17) is 5.11 Å². The van der Waals surface area contributed by atoms with Crippen LogP contribution in [0, 0.1) is 0 Å². The van der Waals surface area contributed by atoms with Crippen LogP contribution in [0.3, 0.4) is 0 Å². The SMILES string of the molecule is CS(=O)(=O)Nc1ccc(C(=O)O)cc1.[NaH]. The van der Waals surface area contributed by atoms with Crippen LogP contribution in [0.2, 0.25) is 0 Å². The number of carboxylic acids is 1. The average Bonchev–Trinajstić information content (AvgIpc) is 2.02. The molecule has 0 amide bonds. The molecule has 5 nitrogen and oxygen atoms in total. The van der Waals surface area contributed by atoms with Crippen molar-refractivity contribution in [1.82, 2.24) is 0 Å². The van der Waals surface area contributed by atoms with E-state index in [0.29, 0.717) is 5.69 Å². The van der Waals surface area contributed by atoms with E-state index in [0.717, 1.165) is 6.26 Å². The van der Waals surface area contributed by atoms with Crippen molar-refractivity contribution in [3.63, 3.8) is 0 Å². The third-order valence-corrected chi connectivity index (χ3v) is 2.04. The molecule has 15 heavy (non-hydrogen) atoms. The minimum atomic E-state index is -3.31. The molecule has 2 N–H and O–H groups in total. The Kier molecular flexibility index (Phi) is 5.30. The summed E-state index contributed by atoms with van der Waals surface area (Å²) in [4.78, 5) is 10.5. The van der Waals surface area contributed by atoms with Gasteiger partial charge in [-0.15, -0.1) is 0 Å². The molecule has 1 aromatic carbocycles. The molecule has 0 saturated heterocycles. The molecule has 0 spiro atoms. The van der Waals surface area contributed by atoms with Gasteiger partial charge in [-0.25, -0.2) is 13.2 Å². The standard InChI is InChI=1S/C8H9NO4S.Na.H/c1-14(12,13)9-7-4-2-6(3-5-7)8(10)11;;/h2-5,9H,1H3,(H,10,11);;. The van der Waals surface area contributed by atoms with E-state index >= 15 is 0 Å². The van der Waals surface area contributed by atoms with E-state index in [1.807, 2.05) is 0 Å². The van der Waals surface area contributed by atoms with Gasteiger partial charge in [0.15, 0.2) is 0 Å². The second kappa shape index (κ2) is 5.50. The molecular weight excluding hydrogens is 229 g/mol. The molecule has 0 aliphatic rings. The number of hydrogen-bond donors (Lipinski definition) is 2. The predicted octanol–water partition coefficient (Wildman–Crippen LogP) is 0.108. The molecule has 0 fully saturated rings. The summed E-state index contributed by atoms with van der Waals surface area (Å²) in [6, 6.07) is 5.45. The Morgan fingerprint density at radius 1 is 1.27 bits per heavy atom. The van der Waals surface area contributed by atoms with Crippen LogP contribution in [0.1, 0.15) is 10.4 Å². The van der Waals surface area contributed by atoms with Crippen molar-refractivity contribution in [2.24, 2.45) is 0 Å². The Bertz CT molecular complexity index is 440. The summed E-state index contributed by atoms with van der Waals surface area (Å²) in [5, 5.41) is 8.57. The van der Waals surface area contributed by atoms with E-state index in [9.17, 15) is 13.2 Å². The molecule has 0 heterocycles. The predicted molar refractivity (Wildman–Crippen MR) is 59.0 cm³/mol. The van der Waals surface area contributed by atoms with Crippen molar-refractivity contribution in [3.05, 3.63) is 29.8 Å². The normalized spacial score (nSPS) is 10.2. The Balaban J connectivity index is 0.00000196. The Hall–Kier alpha value is -0.560. The second-order valence-corrected chi connectivity index (χ2v) is 4.51. The number of nitrogens with one attached hydrogen (secondary N) is 1. The fourth-order valence-corrected chi connectivity index (χ4v) is 1.46. The van der Waals surface area contributed by atoms with Crippen LogP contribution in [0.5, 0.6) is 0 Å². The first-order valence-corrected chi connectivity index (χ1v) is 5.59. The number of rotatable bonds is 3. The Morgan fingerprint density at radius 2 is 1.73 bits per heavy atom. The zero-order chi connectivity index (χ0) is 10.8. The first kappa shape index (κ1) is 14.4. The minimum absolute atomic E-state index is 0. The number of aromatic carboxylic acids is 1. The summed E-state index contributed by atoms with van der Waals surface area (Å²) in [5.74, 6) is -1.05. The first-order valence-electron chi connectivity index (χ1n) is 3.69. The Morgan fingerprint density at radius 3 is 2.07 bits per heavy atom. The van der Waals surface area contributed by atoms with E-state index in [1.165, 1.54) is 24.3 Å². The van der Waals surface area contributed by atoms with Crippen LogP contribution in [-0.2, 0) is 10.0 Å². The molecule has 0 aliphatic heterocycles. The van der Waals surface area contributed by atoms with Gasteiger partial charge >= 0.3 is 35.5 Å². The van der Waals surface area contributed by atoms with Crippen LogP contribution < -0.4 is 4.72 Å². The molecule has 78 valence electrons. The van der Waals surface area contributed by atoms with Crippen molar-refractivity contribution in [1.29, 1.82) is 0 Å². The zero-order valence-electron chi connectivity index (χ0n) is 7.39. The van der Waals surface area contributed by atoms with Crippen molar-refractivity contribution < 1.29 is 18.3 Å². The number of benzene rings is 1. The summed E-state index contributed by atoms with van der Waals surface area (Å²) in [6.07, 6.45) is 1.03. The third-order valence-electron chi connectivity index (χ3n) is 1.44. The van der Waals surface area contributed by atoms with E-state index in [2.05, 4.69) is 4.72 Å². The molecule has 0 bridgehead atoms. The summed E-state index contributed by atoms with van der Waals surface area (Å²) in [6.45, 7) is 0. The van der Waals surface area contributed by atoms with Crippen LogP contribution in [0.4, 0.5) is 5.69 Å². The molecule has 0 aliphatic carbocycles. The quantitative estimate of drug-likeness (QED) is 0.733. The summed E-state index contributed by atoms with van der Waals surface area (Å²) >= 11 is 0. The van der Waals surface area contributed by atoms with Gasteiger partial charge in [0.2, 0.25) is 10.0 Å². The molecule has 7 heteroatoms. The van der Waals surface area contributed by atoms with Gasteiger partial charge in [0.05, 0.1) is 11.8 Å². The van der Waals surface area contributed by atoms with Gasteiger partial charge in [-0.3, -0.25) is 4.72 Å². The van der Waals surface area contributed by atoms with Gasteiger partial charge in [-0.05, 0) is 24.3 Å². The molecular formula is C8H10NNaO4S. The fraction of sp³-hybridized carbons (Fsp3) is 0.125. The van der Waals surface area contributed by atoms with Gasteiger partial charge in [0.1, 0.15) is 0 Å². The number of sulfonamides is 1. The first-order chi connectivity index (χ1) is 6.38. The van der Waals surface area contributed by atoms with Crippen LogP contribution in [0.15, 0.2) is 24.3 Å². The van der Waals surface area contributed by atoms with Gasteiger partial charge in [0, 0.05) is 5.69 Å². The third kappa shape index (κ3) is 5.17. The summed E-state index contributed by atoms with van der Waals surface area (Å²) < 4.78 is 23.8. The molecule has 0 unspecified atom stereocenters. The van der Waals surface area contributed by atoms with E-state index in [-0.39, 0.29) is 35.1 Å². The molecule has 0 radical (unpaired) electrons. The zero-order valence-corrected chi connectivity index (χ0v) is 8.21. The van der Waals surface area contributed by atoms with Crippen molar-refractivity contribution in [3.8, 4) is 0 Å². The van der Waals surface area contributed by atoms with Crippen molar-refractivity contribution in [2.45, 2.75) is 0 Å². The van der Waals surface area contributed by atoms with Crippen LogP contribution in [-0.4, -0.2) is 55.3 Å². The van der Waals surface area contributed by atoms with E-state index in [1.54, 1.807) is 0 Å². The van der Waals surface area contributed by atoms with Crippen molar-refractivity contribution >= 4 is 51.2 Å². The summed E-state index contributed by atoms with van der Waals surface area (Å²) in [5.41, 5.74) is 0.460. The molecule has 0 saturated carbocycles. The molecule has 0 aromatic heterocycles. The van der Waals surface area contributed by atoms with E-state index < -0.39 is 16.0 Å². The second-order valence-electron chi connectivity index (χ2n) is 2.76. The molecule has 1 aromatic rings. The van der Waals surface area contributed by atoms with Gasteiger partial charge in [-0.1, -0.05) is 0 Å². The maximum absolute atomic E-state index is 10.8. The molecule has 0 atom stereocenters. The van der Waals surface area contributed by atoms with Crippen molar-refractivity contribution in [2.75, 3.05) is 11.0 Å².